The fraction of sp³-hybridized carbons (Fsp3) is 0.867. The van der Waals surface area contributed by atoms with Crippen molar-refractivity contribution in [3.05, 3.63) is 0 Å². The molecule has 0 radical (unpaired) electrons. The first-order chi connectivity index (χ1) is 7.77. The lowest BCUT2D eigenvalue weighted by atomic mass is 9.72. The van der Waals surface area contributed by atoms with E-state index in [1.165, 1.54) is 0 Å². The second kappa shape index (κ2) is 6.93. The SMILES string of the molecule is CCCC(=O)C(C(=O)C(C)(C)CCC)C(C)C. The third kappa shape index (κ3) is 4.61. The lowest BCUT2D eigenvalue weighted by molar-refractivity contribution is -0.140. The Morgan fingerprint density at radius 1 is 1.06 bits per heavy atom. The van der Waals surface area contributed by atoms with Crippen molar-refractivity contribution in [2.45, 2.75) is 67.2 Å². The van der Waals surface area contributed by atoms with Crippen molar-refractivity contribution in [2.24, 2.45) is 17.3 Å². The fourth-order valence-electron chi connectivity index (χ4n) is 2.39. The summed E-state index contributed by atoms with van der Waals surface area (Å²) in [5.74, 6) is -0.0429. The average Bonchev–Trinajstić information content (AvgIpc) is 2.17. The molecule has 0 aliphatic carbocycles. The number of ketones is 2. The van der Waals surface area contributed by atoms with E-state index in [0.29, 0.717) is 6.42 Å². The van der Waals surface area contributed by atoms with Crippen molar-refractivity contribution in [2.75, 3.05) is 0 Å². The molecule has 17 heavy (non-hydrogen) atoms. The topological polar surface area (TPSA) is 34.1 Å². The number of carbonyl (C=O) groups excluding carboxylic acids is 2. The Bertz CT molecular complexity index is 264. The van der Waals surface area contributed by atoms with Crippen molar-refractivity contribution < 1.29 is 9.59 Å². The zero-order valence-electron chi connectivity index (χ0n) is 12.3. The maximum absolute atomic E-state index is 12.5. The zero-order chi connectivity index (χ0) is 13.6. The summed E-state index contributed by atoms with van der Waals surface area (Å²) in [5, 5.41) is 0. The van der Waals surface area contributed by atoms with Gasteiger partial charge in [-0.1, -0.05) is 48.0 Å². The molecule has 0 aliphatic heterocycles. The molecular weight excluding hydrogens is 212 g/mol. The van der Waals surface area contributed by atoms with E-state index in [0.717, 1.165) is 19.3 Å². The second-order valence-corrected chi connectivity index (χ2v) is 5.94. The Hall–Kier alpha value is -0.660. The van der Waals surface area contributed by atoms with Crippen LogP contribution in [0.5, 0.6) is 0 Å². The van der Waals surface area contributed by atoms with Gasteiger partial charge in [-0.05, 0) is 18.8 Å². The highest BCUT2D eigenvalue weighted by molar-refractivity contribution is 6.04. The van der Waals surface area contributed by atoms with Gasteiger partial charge in [-0.3, -0.25) is 9.59 Å². The number of hydrogen-bond donors (Lipinski definition) is 0. The van der Waals surface area contributed by atoms with Crippen LogP contribution in [-0.4, -0.2) is 11.6 Å². The van der Waals surface area contributed by atoms with Crippen molar-refractivity contribution in [1.29, 1.82) is 0 Å². The van der Waals surface area contributed by atoms with Crippen LogP contribution in [0.4, 0.5) is 0 Å². The van der Waals surface area contributed by atoms with Gasteiger partial charge in [0, 0.05) is 11.8 Å². The zero-order valence-corrected chi connectivity index (χ0v) is 12.3. The summed E-state index contributed by atoms with van der Waals surface area (Å²) in [7, 11) is 0. The minimum Gasteiger partial charge on any atom is -0.299 e. The quantitative estimate of drug-likeness (QED) is 0.600. The molecule has 0 aromatic rings. The van der Waals surface area contributed by atoms with Gasteiger partial charge in [0.05, 0.1) is 5.92 Å². The molecule has 0 rings (SSSR count). The molecule has 0 fully saturated rings. The molecule has 0 saturated heterocycles. The van der Waals surface area contributed by atoms with Gasteiger partial charge in [-0.15, -0.1) is 0 Å². The smallest absolute Gasteiger partial charge is 0.149 e. The molecule has 1 atom stereocenters. The van der Waals surface area contributed by atoms with Crippen molar-refractivity contribution in [3.8, 4) is 0 Å². The van der Waals surface area contributed by atoms with E-state index in [4.69, 9.17) is 0 Å². The van der Waals surface area contributed by atoms with E-state index in [-0.39, 0.29) is 22.9 Å². The van der Waals surface area contributed by atoms with Crippen molar-refractivity contribution in [1.82, 2.24) is 0 Å². The molecule has 0 aromatic heterocycles. The molecule has 100 valence electrons. The monoisotopic (exact) mass is 240 g/mol. The molecule has 0 spiro atoms. The molecule has 0 N–H and O–H groups in total. The third-order valence-corrected chi connectivity index (χ3v) is 3.33. The number of rotatable bonds is 8. The highest BCUT2D eigenvalue weighted by Gasteiger charge is 2.37. The van der Waals surface area contributed by atoms with E-state index in [1.807, 2.05) is 34.6 Å². The Kier molecular flexibility index (Phi) is 6.66. The summed E-state index contributed by atoms with van der Waals surface area (Å²) in [6.07, 6.45) is 3.18. The maximum atomic E-state index is 12.5. The Balaban J connectivity index is 4.95. The van der Waals surface area contributed by atoms with E-state index >= 15 is 0 Å². The van der Waals surface area contributed by atoms with E-state index in [9.17, 15) is 9.59 Å². The molecule has 0 amide bonds. The van der Waals surface area contributed by atoms with Gasteiger partial charge in [0.1, 0.15) is 11.6 Å². The van der Waals surface area contributed by atoms with Crippen LogP contribution in [-0.2, 0) is 9.59 Å². The highest BCUT2D eigenvalue weighted by atomic mass is 16.2. The molecule has 1 unspecified atom stereocenters. The van der Waals surface area contributed by atoms with E-state index < -0.39 is 5.92 Å². The number of hydrogen-bond acceptors (Lipinski definition) is 2. The first kappa shape index (κ1) is 16.3. The van der Waals surface area contributed by atoms with Crippen LogP contribution >= 0.6 is 0 Å². The van der Waals surface area contributed by atoms with Crippen LogP contribution in [0.1, 0.15) is 67.2 Å². The van der Waals surface area contributed by atoms with Gasteiger partial charge in [0.25, 0.3) is 0 Å². The highest BCUT2D eigenvalue weighted by Crippen LogP contribution is 2.31. The summed E-state index contributed by atoms with van der Waals surface area (Å²) in [6, 6.07) is 0. The molecule has 0 aliphatic rings. The summed E-state index contributed by atoms with van der Waals surface area (Å²) < 4.78 is 0. The Morgan fingerprint density at radius 3 is 1.94 bits per heavy atom. The van der Waals surface area contributed by atoms with Crippen LogP contribution < -0.4 is 0 Å². The first-order valence-corrected chi connectivity index (χ1v) is 6.84. The van der Waals surface area contributed by atoms with Gasteiger partial charge < -0.3 is 0 Å². The lowest BCUT2D eigenvalue weighted by Crippen LogP contribution is -2.38. The van der Waals surface area contributed by atoms with E-state index in [2.05, 4.69) is 6.92 Å². The summed E-state index contributed by atoms with van der Waals surface area (Å²) in [4.78, 5) is 24.5. The van der Waals surface area contributed by atoms with Gasteiger partial charge in [-0.2, -0.15) is 0 Å². The first-order valence-electron chi connectivity index (χ1n) is 6.84. The van der Waals surface area contributed by atoms with Crippen LogP contribution in [0.3, 0.4) is 0 Å². The normalized spacial score (nSPS) is 13.8. The minimum absolute atomic E-state index is 0.109. The minimum atomic E-state index is -0.406. The average molecular weight is 240 g/mol. The molecule has 0 aromatic carbocycles. The molecule has 0 heterocycles. The summed E-state index contributed by atoms with van der Waals surface area (Å²) in [5.41, 5.74) is -0.368. The second-order valence-electron chi connectivity index (χ2n) is 5.94. The van der Waals surface area contributed by atoms with Crippen molar-refractivity contribution in [3.63, 3.8) is 0 Å². The summed E-state index contributed by atoms with van der Waals surface area (Å²) >= 11 is 0. The van der Waals surface area contributed by atoms with Crippen molar-refractivity contribution >= 4 is 11.6 Å². The van der Waals surface area contributed by atoms with Crippen LogP contribution in [0.2, 0.25) is 0 Å². The largest absolute Gasteiger partial charge is 0.299 e. The number of carbonyl (C=O) groups is 2. The van der Waals surface area contributed by atoms with Crippen LogP contribution in [0.25, 0.3) is 0 Å². The molecule has 0 bridgehead atoms. The standard InChI is InChI=1S/C15H28O2/c1-7-9-12(16)13(11(3)4)14(17)15(5,6)10-8-2/h11,13H,7-10H2,1-6H3. The molecule has 2 heteroatoms. The maximum Gasteiger partial charge on any atom is 0.149 e. The summed E-state index contributed by atoms with van der Waals surface area (Å²) in [6.45, 7) is 11.9. The molecular formula is C15H28O2. The Morgan fingerprint density at radius 2 is 1.59 bits per heavy atom. The fourth-order valence-corrected chi connectivity index (χ4v) is 2.39. The van der Waals surface area contributed by atoms with Crippen LogP contribution in [0, 0.1) is 17.3 Å². The van der Waals surface area contributed by atoms with Crippen LogP contribution in [0.15, 0.2) is 0 Å². The molecule has 0 saturated carbocycles. The van der Waals surface area contributed by atoms with E-state index in [1.54, 1.807) is 0 Å². The predicted molar refractivity (Wildman–Crippen MR) is 71.9 cm³/mol. The Labute approximate surface area is 106 Å². The third-order valence-electron chi connectivity index (χ3n) is 3.33. The predicted octanol–water partition coefficient (Wildman–Crippen LogP) is 4.02. The number of Topliss-reactive ketones (excluding diaryl/α,β-unsaturated/α-hetero) is 2. The van der Waals surface area contributed by atoms with Gasteiger partial charge in [-0.25, -0.2) is 0 Å². The lowest BCUT2D eigenvalue weighted by Gasteiger charge is -2.29. The van der Waals surface area contributed by atoms with Gasteiger partial charge in [0.2, 0.25) is 0 Å². The van der Waals surface area contributed by atoms with Gasteiger partial charge >= 0.3 is 0 Å². The molecule has 2 nitrogen and oxygen atoms in total. The van der Waals surface area contributed by atoms with Gasteiger partial charge in [0.15, 0.2) is 0 Å².